The van der Waals surface area contributed by atoms with Crippen LogP contribution in [0.1, 0.15) is 10.4 Å². The molecule has 1 atom stereocenters. The zero-order valence-corrected chi connectivity index (χ0v) is 11.1. The lowest BCUT2D eigenvalue weighted by Gasteiger charge is -2.10. The van der Waals surface area contributed by atoms with Gasteiger partial charge in [0.05, 0.1) is 11.4 Å². The fourth-order valence-electron chi connectivity index (χ4n) is 0.910. The molecule has 0 heterocycles. The average Bonchev–Trinajstić information content (AvgIpc) is 2.14. The van der Waals surface area contributed by atoms with E-state index >= 15 is 0 Å². The van der Waals surface area contributed by atoms with Gasteiger partial charge in [-0.15, -0.1) is 0 Å². The van der Waals surface area contributed by atoms with E-state index in [2.05, 4.69) is 15.9 Å². The fraction of sp³-hybridized carbons (Fsp3) is 0.250. The number of rotatable bonds is 4. The molecule has 0 bridgehead atoms. The van der Waals surface area contributed by atoms with Gasteiger partial charge in [-0.05, 0) is 28.0 Å². The molecule has 0 aromatic heterocycles. The molecule has 14 heavy (non-hydrogen) atoms. The Morgan fingerprint density at radius 2 is 1.93 bits per heavy atom. The van der Waals surface area contributed by atoms with E-state index in [-0.39, 0.29) is 11.4 Å². The van der Waals surface area contributed by atoms with Gasteiger partial charge in [0.1, 0.15) is 0 Å². The molecule has 1 aromatic rings. The maximum atomic E-state index is 10.8. The van der Waals surface area contributed by atoms with Crippen molar-refractivity contribution in [3.05, 3.63) is 35.9 Å². The summed E-state index contributed by atoms with van der Waals surface area (Å²) in [6.45, 7) is 0.175. The van der Waals surface area contributed by atoms with Crippen molar-refractivity contribution in [2.75, 3.05) is 6.61 Å². The first-order valence-corrected chi connectivity index (χ1v) is 8.17. The maximum Gasteiger partial charge on any atom is 0.380 e. The summed E-state index contributed by atoms with van der Waals surface area (Å²) in [4.78, 5) is -0.0606. The van der Waals surface area contributed by atoms with Crippen LogP contribution in [0.5, 0.6) is 0 Å². The van der Waals surface area contributed by atoms with Crippen LogP contribution in [0.25, 0.3) is 0 Å². The number of alkyl halides is 1. The summed E-state index contributed by atoms with van der Waals surface area (Å²) >= 11 is 13.9. The Labute approximate surface area is 101 Å². The smallest absolute Gasteiger partial charge is 0.305 e. The Morgan fingerprint density at radius 1 is 1.36 bits per heavy atom. The van der Waals surface area contributed by atoms with Crippen molar-refractivity contribution in [1.82, 2.24) is 0 Å². The van der Waals surface area contributed by atoms with Gasteiger partial charge in [0.2, 0.25) is 0 Å². The molecule has 0 fully saturated rings. The molecule has 0 N–H and O–H groups in total. The topological polar surface area (TPSA) is 26.3 Å². The second-order valence-electron chi connectivity index (χ2n) is 2.59. The molecule has 0 spiro atoms. The molecular formula is C8H8BrCl2O2P. The molecule has 0 aliphatic heterocycles. The van der Waals surface area contributed by atoms with Crippen molar-refractivity contribution in [2.45, 2.75) is 4.83 Å². The Bertz CT molecular complexity index is 327. The maximum absolute atomic E-state index is 10.8. The predicted octanol–water partition coefficient (Wildman–Crippen LogP) is 4.72. The van der Waals surface area contributed by atoms with Crippen LogP contribution in [-0.4, -0.2) is 6.61 Å². The second kappa shape index (κ2) is 5.53. The van der Waals surface area contributed by atoms with Gasteiger partial charge in [-0.2, -0.15) is 0 Å². The minimum Gasteiger partial charge on any atom is -0.305 e. The molecule has 6 heteroatoms. The third kappa shape index (κ3) is 4.81. The lowest BCUT2D eigenvalue weighted by Crippen LogP contribution is -1.97. The van der Waals surface area contributed by atoms with Gasteiger partial charge >= 0.3 is 6.07 Å². The summed E-state index contributed by atoms with van der Waals surface area (Å²) in [7, 11) is 0. The fourth-order valence-corrected chi connectivity index (χ4v) is 2.21. The van der Waals surface area contributed by atoms with Crippen LogP contribution in [0.3, 0.4) is 0 Å². The highest BCUT2D eigenvalue weighted by Gasteiger charge is 2.17. The zero-order chi connectivity index (χ0) is 10.6. The van der Waals surface area contributed by atoms with E-state index in [1.54, 1.807) is 0 Å². The van der Waals surface area contributed by atoms with Gasteiger partial charge in [-0.3, -0.25) is 4.57 Å². The first-order valence-electron chi connectivity index (χ1n) is 3.82. The number of benzene rings is 1. The highest BCUT2D eigenvalue weighted by Crippen LogP contribution is 2.58. The van der Waals surface area contributed by atoms with Gasteiger partial charge in [0, 0.05) is 0 Å². The van der Waals surface area contributed by atoms with E-state index in [9.17, 15) is 4.57 Å². The standard InChI is InChI=1S/C8H8BrCl2O2P/c9-8(6-13-14(10,11)12)7-4-2-1-3-5-7/h1-5,8H,6H2. The summed E-state index contributed by atoms with van der Waals surface area (Å²) in [5.41, 5.74) is 1.02. The monoisotopic (exact) mass is 316 g/mol. The van der Waals surface area contributed by atoms with E-state index < -0.39 is 6.07 Å². The summed E-state index contributed by atoms with van der Waals surface area (Å²) in [5, 5.41) is 0. The first kappa shape index (κ1) is 12.5. The van der Waals surface area contributed by atoms with Gasteiger partial charge in [0.15, 0.2) is 0 Å². The average molecular weight is 318 g/mol. The van der Waals surface area contributed by atoms with E-state index in [1.807, 2.05) is 30.3 Å². The first-order chi connectivity index (χ1) is 6.49. The lowest BCUT2D eigenvalue weighted by atomic mass is 10.2. The van der Waals surface area contributed by atoms with Crippen LogP contribution >= 0.6 is 44.5 Å². The third-order valence-electron chi connectivity index (χ3n) is 1.53. The Hall–Kier alpha value is 0.470. The molecular weight excluding hydrogens is 310 g/mol. The van der Waals surface area contributed by atoms with Crippen LogP contribution in [0.4, 0.5) is 0 Å². The normalized spacial score (nSPS) is 13.9. The highest BCUT2D eigenvalue weighted by atomic mass is 79.9. The molecule has 0 saturated heterocycles. The van der Waals surface area contributed by atoms with Crippen LogP contribution in [-0.2, 0) is 9.09 Å². The highest BCUT2D eigenvalue weighted by molar-refractivity contribution is 9.09. The third-order valence-corrected chi connectivity index (χ3v) is 3.36. The van der Waals surface area contributed by atoms with Crippen molar-refractivity contribution >= 4 is 44.5 Å². The molecule has 1 rings (SSSR count). The molecule has 0 amide bonds. The number of hydrogen-bond acceptors (Lipinski definition) is 2. The van der Waals surface area contributed by atoms with E-state index in [0.717, 1.165) is 5.56 Å². The van der Waals surface area contributed by atoms with Gasteiger partial charge in [-0.25, -0.2) is 0 Å². The zero-order valence-electron chi connectivity index (χ0n) is 7.07. The van der Waals surface area contributed by atoms with Crippen molar-refractivity contribution in [2.24, 2.45) is 0 Å². The van der Waals surface area contributed by atoms with Gasteiger partial charge in [0.25, 0.3) is 0 Å². The van der Waals surface area contributed by atoms with Crippen molar-refractivity contribution < 1.29 is 9.09 Å². The molecule has 2 nitrogen and oxygen atoms in total. The Kier molecular flexibility index (Phi) is 4.95. The Balaban J connectivity index is 2.52. The second-order valence-corrected chi connectivity index (χ2v) is 7.97. The molecule has 0 aliphatic carbocycles. The largest absolute Gasteiger partial charge is 0.380 e. The predicted molar refractivity (Wildman–Crippen MR) is 63.4 cm³/mol. The lowest BCUT2D eigenvalue weighted by molar-refractivity contribution is 0.336. The Morgan fingerprint density at radius 3 is 2.43 bits per heavy atom. The van der Waals surface area contributed by atoms with Crippen LogP contribution in [0, 0.1) is 0 Å². The molecule has 0 saturated carbocycles. The summed E-state index contributed by atoms with van der Waals surface area (Å²) in [5.74, 6) is 0. The van der Waals surface area contributed by atoms with E-state index in [4.69, 9.17) is 27.0 Å². The minimum atomic E-state index is -3.43. The van der Waals surface area contributed by atoms with Gasteiger partial charge < -0.3 is 4.52 Å². The molecule has 78 valence electrons. The van der Waals surface area contributed by atoms with Crippen molar-refractivity contribution in [3.63, 3.8) is 0 Å². The molecule has 0 radical (unpaired) electrons. The summed E-state index contributed by atoms with van der Waals surface area (Å²) in [6, 6.07) is 9.58. The van der Waals surface area contributed by atoms with Gasteiger partial charge in [-0.1, -0.05) is 46.3 Å². The van der Waals surface area contributed by atoms with Crippen molar-refractivity contribution in [3.8, 4) is 0 Å². The van der Waals surface area contributed by atoms with E-state index in [0.29, 0.717) is 0 Å². The molecule has 0 aliphatic rings. The van der Waals surface area contributed by atoms with Crippen LogP contribution < -0.4 is 0 Å². The van der Waals surface area contributed by atoms with Crippen LogP contribution in [0.15, 0.2) is 30.3 Å². The summed E-state index contributed by atoms with van der Waals surface area (Å²) in [6.07, 6.45) is -3.43. The quantitative estimate of drug-likeness (QED) is 0.593. The van der Waals surface area contributed by atoms with Crippen molar-refractivity contribution in [1.29, 1.82) is 0 Å². The minimum absolute atomic E-state index is 0.0606. The number of hydrogen-bond donors (Lipinski definition) is 0. The molecule has 1 unspecified atom stereocenters. The number of halogens is 3. The molecule has 1 aromatic carbocycles. The SMILES string of the molecule is O=P(Cl)(Cl)OCC(Br)c1ccccc1. The van der Waals surface area contributed by atoms with E-state index in [1.165, 1.54) is 0 Å². The van der Waals surface area contributed by atoms with Crippen LogP contribution in [0.2, 0.25) is 0 Å². The summed E-state index contributed by atoms with van der Waals surface area (Å²) < 4.78 is 15.6.